The second-order valence-electron chi connectivity index (χ2n) is 10.0. The second kappa shape index (κ2) is 12.6. The average Bonchev–Trinajstić information content (AvgIpc) is 3.62. The molecular weight excluding hydrogens is 569 g/mol. The summed E-state index contributed by atoms with van der Waals surface area (Å²) in [6, 6.07) is -1.81. The maximum atomic E-state index is 14.0. The Kier molecular flexibility index (Phi) is 7.42. The van der Waals surface area contributed by atoms with Crippen molar-refractivity contribution in [1.29, 1.82) is 0 Å². The van der Waals surface area contributed by atoms with Gasteiger partial charge >= 0.3 is 12.2 Å². The third-order valence-corrected chi connectivity index (χ3v) is 7.19. The van der Waals surface area contributed by atoms with Gasteiger partial charge in [0.15, 0.2) is 0 Å². The van der Waals surface area contributed by atoms with Crippen molar-refractivity contribution < 1.29 is 47.9 Å². The van der Waals surface area contributed by atoms with Crippen molar-refractivity contribution in [1.82, 2.24) is 30.3 Å². The molecule has 0 unspecified atom stereocenters. The number of carbonyl (C=O) groups excluding carboxylic acids is 3. The molecule has 0 aromatic carbocycles. The zero-order chi connectivity index (χ0) is 34.9. The van der Waals surface area contributed by atoms with Crippen LogP contribution in [0.4, 0.5) is 32.6 Å². The van der Waals surface area contributed by atoms with Gasteiger partial charge in [-0.05, 0) is 49.4 Å². The van der Waals surface area contributed by atoms with Crippen molar-refractivity contribution in [2.24, 2.45) is 5.92 Å². The highest BCUT2D eigenvalue weighted by molar-refractivity contribution is 6.00. The van der Waals surface area contributed by atoms with E-state index in [4.69, 9.17) is 11.6 Å². The molecule has 0 bridgehead atoms. The number of methoxy groups -OCH3 is 1. The number of nitrogens with zero attached hydrogens (tertiary/aromatic N) is 4. The Morgan fingerprint density at radius 1 is 1.31 bits per heavy atom. The topological polar surface area (TPSA) is 130 Å². The molecule has 4 rings (SSSR count). The Bertz CT molecular complexity index is 1470. The number of amides is 4. The van der Waals surface area contributed by atoms with Gasteiger partial charge in [0.05, 0.1) is 21.9 Å². The standard InChI is InChI=1S/C26H32F5N7O4/c1-3-37-11-7-17(36-37)22(39)35-21(15-4-8-25(27,28)9-5-15)23(40)34-20-12-16(6-10-32-20)18(14-42-2)38-13-19(26(29,30)31)33-24(38)41/h6-7,10-12,15,18-19,21H,3-5,8-9,13-14H2,1-2H3,(H,33,41)(H,35,39)(H,32,34,40)/t18-,19+,21+/m1/s1/i1D3,3D2. The van der Waals surface area contributed by atoms with E-state index in [9.17, 15) is 36.3 Å². The summed E-state index contributed by atoms with van der Waals surface area (Å²) in [4.78, 5) is 44.1. The Hall–Kier alpha value is -3.82. The summed E-state index contributed by atoms with van der Waals surface area (Å²) in [5.74, 6) is -5.78. The first kappa shape index (κ1) is 24.7. The lowest BCUT2D eigenvalue weighted by molar-refractivity contribution is -0.150. The van der Waals surface area contributed by atoms with Crippen molar-refractivity contribution in [3.63, 3.8) is 0 Å². The summed E-state index contributed by atoms with van der Waals surface area (Å²) in [5, 5.41) is 10.5. The highest BCUT2D eigenvalue weighted by atomic mass is 19.4. The third-order valence-electron chi connectivity index (χ3n) is 7.19. The zero-order valence-electron chi connectivity index (χ0n) is 27.3. The van der Waals surface area contributed by atoms with Crippen LogP contribution in [0.25, 0.3) is 0 Å². The molecule has 2 aliphatic rings. The predicted molar refractivity (Wildman–Crippen MR) is 139 cm³/mol. The number of hydrogen-bond acceptors (Lipinski definition) is 6. The first-order valence-electron chi connectivity index (χ1n) is 15.4. The van der Waals surface area contributed by atoms with Crippen LogP contribution in [0.15, 0.2) is 30.6 Å². The number of carbonyl (C=O) groups is 3. The molecule has 0 radical (unpaired) electrons. The van der Waals surface area contributed by atoms with Crippen LogP contribution in [0, 0.1) is 5.92 Å². The van der Waals surface area contributed by atoms with Crippen molar-refractivity contribution >= 4 is 23.7 Å². The highest BCUT2D eigenvalue weighted by Gasteiger charge is 2.48. The number of ether oxygens (including phenoxy) is 1. The summed E-state index contributed by atoms with van der Waals surface area (Å²) >= 11 is 0. The lowest BCUT2D eigenvalue weighted by atomic mass is 9.81. The number of nitrogens with one attached hydrogen (secondary N) is 3. The molecule has 4 amide bonds. The number of hydrogen-bond donors (Lipinski definition) is 3. The molecule has 1 saturated heterocycles. The van der Waals surface area contributed by atoms with Crippen LogP contribution in [0.3, 0.4) is 0 Å². The van der Waals surface area contributed by atoms with Crippen LogP contribution in [0.5, 0.6) is 0 Å². The normalized spacial score (nSPS) is 23.0. The van der Waals surface area contributed by atoms with Crippen LogP contribution in [-0.4, -0.2) is 82.0 Å². The van der Waals surface area contributed by atoms with Gasteiger partial charge in [0.1, 0.15) is 23.6 Å². The number of aromatic nitrogens is 3. The molecule has 1 saturated carbocycles. The molecule has 2 fully saturated rings. The van der Waals surface area contributed by atoms with Crippen LogP contribution in [0.2, 0.25) is 0 Å². The van der Waals surface area contributed by atoms with E-state index < -0.39 is 92.4 Å². The molecule has 2 aromatic heterocycles. The first-order chi connectivity index (χ1) is 21.7. The van der Waals surface area contributed by atoms with E-state index in [1.807, 2.05) is 5.32 Å². The van der Waals surface area contributed by atoms with Gasteiger partial charge in [-0.2, -0.15) is 18.3 Å². The minimum atomic E-state index is -4.69. The summed E-state index contributed by atoms with van der Waals surface area (Å²) in [7, 11) is 1.29. The zero-order valence-corrected chi connectivity index (χ0v) is 22.3. The van der Waals surface area contributed by atoms with Gasteiger partial charge in [-0.3, -0.25) is 14.3 Å². The van der Waals surface area contributed by atoms with Crippen LogP contribution in [-0.2, 0) is 16.0 Å². The summed E-state index contributed by atoms with van der Waals surface area (Å²) in [6.07, 6.45) is -3.97. The van der Waals surface area contributed by atoms with E-state index in [0.29, 0.717) is 4.68 Å². The number of aryl methyl sites for hydroxylation is 1. The Morgan fingerprint density at radius 3 is 2.69 bits per heavy atom. The third kappa shape index (κ3) is 7.33. The number of rotatable bonds is 10. The second-order valence-corrected chi connectivity index (χ2v) is 10.0. The predicted octanol–water partition coefficient (Wildman–Crippen LogP) is 3.50. The molecule has 11 nitrogen and oxygen atoms in total. The van der Waals surface area contributed by atoms with Gasteiger partial charge in [0.2, 0.25) is 11.8 Å². The van der Waals surface area contributed by atoms with Crippen LogP contribution < -0.4 is 16.0 Å². The van der Waals surface area contributed by atoms with Gasteiger partial charge in [0, 0.05) is 43.0 Å². The quantitative estimate of drug-likeness (QED) is 0.355. The molecule has 1 aliphatic heterocycles. The first-order valence-corrected chi connectivity index (χ1v) is 12.9. The molecule has 3 heterocycles. The number of alkyl halides is 5. The monoisotopic (exact) mass is 606 g/mol. The van der Waals surface area contributed by atoms with Gasteiger partial charge in [-0.25, -0.2) is 18.6 Å². The lowest BCUT2D eigenvalue weighted by Crippen LogP contribution is -2.50. The van der Waals surface area contributed by atoms with Crippen molar-refractivity contribution in [2.75, 3.05) is 25.6 Å². The summed E-state index contributed by atoms with van der Waals surface area (Å²) in [6.45, 7) is -7.02. The van der Waals surface area contributed by atoms with Crippen LogP contribution in [0.1, 0.15) is 61.5 Å². The Balaban J connectivity index is 1.56. The fourth-order valence-electron chi connectivity index (χ4n) is 4.98. The van der Waals surface area contributed by atoms with E-state index in [1.165, 1.54) is 25.4 Å². The minimum absolute atomic E-state index is 0.129. The molecule has 3 atom stereocenters. The number of halogens is 5. The maximum absolute atomic E-state index is 14.0. The van der Waals surface area contributed by atoms with Gasteiger partial charge in [-0.15, -0.1) is 0 Å². The number of pyridine rings is 1. The minimum Gasteiger partial charge on any atom is -0.382 e. The summed E-state index contributed by atoms with van der Waals surface area (Å²) in [5.41, 5.74) is -0.192. The lowest BCUT2D eigenvalue weighted by Gasteiger charge is -2.33. The average molecular weight is 607 g/mol. The number of urea groups is 1. The highest BCUT2D eigenvalue weighted by Crippen LogP contribution is 2.38. The number of anilines is 1. The molecule has 2 aromatic rings. The van der Waals surface area contributed by atoms with Gasteiger partial charge < -0.3 is 25.6 Å². The van der Waals surface area contributed by atoms with Crippen molar-refractivity contribution in [3.05, 3.63) is 41.9 Å². The van der Waals surface area contributed by atoms with Crippen molar-refractivity contribution in [3.8, 4) is 0 Å². The maximum Gasteiger partial charge on any atom is 0.410 e. The van der Waals surface area contributed by atoms with Gasteiger partial charge in [0.25, 0.3) is 5.91 Å². The van der Waals surface area contributed by atoms with E-state index in [-0.39, 0.29) is 30.8 Å². The molecule has 42 heavy (non-hydrogen) atoms. The van der Waals surface area contributed by atoms with E-state index in [2.05, 4.69) is 20.7 Å². The molecule has 0 spiro atoms. The van der Waals surface area contributed by atoms with E-state index in [0.717, 1.165) is 17.2 Å². The SMILES string of the molecule is [2H]C([2H])([2H])C([2H])([2H])n1ccc(C(=O)N[C@H](C(=O)Nc2cc([C@@H](COC)N3C[C@@H](C(F)(F)F)NC3=O)ccn2)C2CCC(F)(F)CC2)n1. The summed E-state index contributed by atoms with van der Waals surface area (Å²) < 4.78 is 111. The molecular formula is C26H32F5N7O4. The molecule has 16 heteroatoms. The van der Waals surface area contributed by atoms with Gasteiger partial charge in [-0.1, -0.05) is 0 Å². The fraction of sp³-hybridized carbons (Fsp3) is 0.577. The molecule has 3 N–H and O–H groups in total. The van der Waals surface area contributed by atoms with Crippen molar-refractivity contribution in [2.45, 2.75) is 69.3 Å². The smallest absolute Gasteiger partial charge is 0.382 e. The largest absolute Gasteiger partial charge is 0.410 e. The van der Waals surface area contributed by atoms with E-state index >= 15 is 0 Å². The fourth-order valence-corrected chi connectivity index (χ4v) is 4.98. The molecule has 1 aliphatic carbocycles. The Labute approximate surface area is 245 Å². The van der Waals surface area contributed by atoms with Crippen LogP contribution >= 0.6 is 0 Å². The van der Waals surface area contributed by atoms with E-state index in [1.54, 1.807) is 0 Å². The molecule has 230 valence electrons. The Morgan fingerprint density at radius 2 is 2.05 bits per heavy atom.